The van der Waals surface area contributed by atoms with Crippen molar-refractivity contribution < 1.29 is 9.90 Å². The Morgan fingerprint density at radius 2 is 1.77 bits per heavy atom. The van der Waals surface area contributed by atoms with Gasteiger partial charge in [0.25, 0.3) is 5.91 Å². The number of aliphatic hydroxyl groups excluding tert-OH is 1. The number of nitrogens with two attached hydrogens (primary N) is 1. The second-order valence-electron chi connectivity index (χ2n) is 8.24. The van der Waals surface area contributed by atoms with Crippen LogP contribution >= 0.6 is 11.6 Å². The maximum absolute atomic E-state index is 12.0. The number of hydrogen-bond acceptors (Lipinski definition) is 3. The minimum absolute atomic E-state index is 0.221. The predicted molar refractivity (Wildman–Crippen MR) is 127 cm³/mol. The molecule has 3 aromatic carbocycles. The first-order valence-electron chi connectivity index (χ1n) is 10.7. The number of rotatable bonds is 6. The summed E-state index contributed by atoms with van der Waals surface area (Å²) >= 11 is 6.17. The second-order valence-corrected chi connectivity index (χ2v) is 8.67. The molecule has 0 radical (unpaired) electrons. The number of nitrogens with one attached hydrogen (secondary N) is 1. The number of halogens is 1. The summed E-state index contributed by atoms with van der Waals surface area (Å²) in [7, 11) is 0. The maximum atomic E-state index is 12.0. The summed E-state index contributed by atoms with van der Waals surface area (Å²) in [6.45, 7) is 0. The van der Waals surface area contributed by atoms with Crippen molar-refractivity contribution >= 4 is 23.2 Å². The van der Waals surface area contributed by atoms with Crippen LogP contribution in [0.15, 0.2) is 66.7 Å². The Hall–Kier alpha value is -2.82. The highest BCUT2D eigenvalue weighted by Crippen LogP contribution is 2.31. The third-order valence-electron chi connectivity index (χ3n) is 5.95. The number of carbonyl (C=O) groups excluding carboxylic acids is 1. The van der Waals surface area contributed by atoms with Crippen molar-refractivity contribution in [3.8, 4) is 11.1 Å². The van der Waals surface area contributed by atoms with Gasteiger partial charge in [-0.2, -0.15) is 0 Å². The molecule has 1 fully saturated rings. The van der Waals surface area contributed by atoms with Gasteiger partial charge in [-0.25, -0.2) is 0 Å². The molecule has 1 aliphatic carbocycles. The van der Waals surface area contributed by atoms with Gasteiger partial charge in [-0.15, -0.1) is 0 Å². The molecule has 0 bridgehead atoms. The lowest BCUT2D eigenvalue weighted by Gasteiger charge is -2.28. The lowest BCUT2D eigenvalue weighted by molar-refractivity contribution is 0.100. The molecule has 1 amide bonds. The summed E-state index contributed by atoms with van der Waals surface area (Å²) in [5, 5.41) is 14.0. The molecular formula is C26H27ClN2O2. The van der Waals surface area contributed by atoms with Crippen LogP contribution in [-0.2, 0) is 6.42 Å². The van der Waals surface area contributed by atoms with Crippen molar-refractivity contribution in [1.82, 2.24) is 0 Å². The average molecular weight is 435 g/mol. The fourth-order valence-electron chi connectivity index (χ4n) is 4.31. The average Bonchev–Trinajstić information content (AvgIpc) is 2.75. The molecule has 5 heteroatoms. The summed E-state index contributed by atoms with van der Waals surface area (Å²) in [6.07, 6.45) is 3.82. The Morgan fingerprint density at radius 1 is 1.00 bits per heavy atom. The van der Waals surface area contributed by atoms with E-state index in [2.05, 4.69) is 23.5 Å². The number of primary amides is 1. The number of carbonyl (C=O) groups is 1. The smallest absolute Gasteiger partial charge is 0.250 e. The molecule has 1 saturated carbocycles. The molecule has 0 aliphatic heterocycles. The molecule has 4 nitrogen and oxygen atoms in total. The van der Waals surface area contributed by atoms with Gasteiger partial charge >= 0.3 is 0 Å². The zero-order chi connectivity index (χ0) is 21.8. The fourth-order valence-corrected chi connectivity index (χ4v) is 4.52. The van der Waals surface area contributed by atoms with Gasteiger partial charge in [0.2, 0.25) is 0 Å². The minimum atomic E-state index is -0.447. The van der Waals surface area contributed by atoms with Crippen molar-refractivity contribution in [3.63, 3.8) is 0 Å². The van der Waals surface area contributed by atoms with Crippen LogP contribution in [0, 0.1) is 0 Å². The van der Waals surface area contributed by atoms with E-state index >= 15 is 0 Å². The summed E-state index contributed by atoms with van der Waals surface area (Å²) in [5.41, 5.74) is 11.4. The van der Waals surface area contributed by atoms with Gasteiger partial charge in [-0.3, -0.25) is 4.79 Å². The van der Waals surface area contributed by atoms with Crippen molar-refractivity contribution in [2.24, 2.45) is 5.73 Å². The number of benzene rings is 3. The second kappa shape index (κ2) is 9.54. The van der Waals surface area contributed by atoms with Crippen LogP contribution < -0.4 is 11.1 Å². The van der Waals surface area contributed by atoms with Gasteiger partial charge in [0.1, 0.15) is 0 Å². The van der Waals surface area contributed by atoms with Crippen molar-refractivity contribution in [2.45, 2.75) is 44.2 Å². The molecule has 160 valence electrons. The van der Waals surface area contributed by atoms with E-state index in [0.717, 1.165) is 59.5 Å². The number of aliphatic hydroxyl groups is 1. The molecular weight excluding hydrogens is 408 g/mol. The Bertz CT molecular complexity index is 1070. The molecule has 4 rings (SSSR count). The number of amides is 1. The predicted octanol–water partition coefficient (Wildman–Crippen LogP) is 5.41. The Morgan fingerprint density at radius 3 is 2.52 bits per heavy atom. The number of anilines is 1. The van der Waals surface area contributed by atoms with Gasteiger partial charge in [0, 0.05) is 16.8 Å². The molecule has 3 aromatic rings. The van der Waals surface area contributed by atoms with E-state index in [0.29, 0.717) is 5.56 Å². The van der Waals surface area contributed by atoms with E-state index in [1.54, 1.807) is 6.07 Å². The van der Waals surface area contributed by atoms with E-state index < -0.39 is 5.91 Å². The van der Waals surface area contributed by atoms with E-state index in [-0.39, 0.29) is 12.1 Å². The topological polar surface area (TPSA) is 75.4 Å². The Kier molecular flexibility index (Phi) is 6.59. The van der Waals surface area contributed by atoms with E-state index in [9.17, 15) is 9.90 Å². The van der Waals surface area contributed by atoms with Crippen LogP contribution in [0.4, 0.5) is 5.69 Å². The number of hydrogen-bond donors (Lipinski definition) is 3. The van der Waals surface area contributed by atoms with E-state index in [1.165, 1.54) is 5.56 Å². The highest BCUT2D eigenvalue weighted by atomic mass is 35.5. The van der Waals surface area contributed by atoms with Crippen LogP contribution in [0.25, 0.3) is 11.1 Å². The van der Waals surface area contributed by atoms with Crippen LogP contribution in [0.1, 0.15) is 47.2 Å². The van der Waals surface area contributed by atoms with Crippen LogP contribution in [0.3, 0.4) is 0 Å². The van der Waals surface area contributed by atoms with Crippen LogP contribution in [0.5, 0.6) is 0 Å². The lowest BCUT2D eigenvalue weighted by atomic mass is 9.91. The summed E-state index contributed by atoms with van der Waals surface area (Å²) in [5.74, 6) is -0.447. The highest BCUT2D eigenvalue weighted by Gasteiger charge is 2.21. The standard InChI is InChI=1S/C26H27ClN2O2/c27-20-6-3-4-17(15-20)14-18-5-1-2-7-23(18)19-8-13-24(26(28)31)25(16-19)29-21-9-11-22(30)12-10-21/h1-8,13,15-16,21-22,29-30H,9-12,14H2,(H2,28,31). The van der Waals surface area contributed by atoms with Crippen molar-refractivity contribution in [2.75, 3.05) is 5.32 Å². The molecule has 0 saturated heterocycles. The van der Waals surface area contributed by atoms with E-state index in [1.807, 2.05) is 42.5 Å². The van der Waals surface area contributed by atoms with Crippen molar-refractivity contribution in [1.29, 1.82) is 0 Å². The zero-order valence-corrected chi connectivity index (χ0v) is 18.1. The third kappa shape index (κ3) is 5.27. The minimum Gasteiger partial charge on any atom is -0.393 e. The first kappa shape index (κ1) is 21.4. The Labute approximate surface area is 188 Å². The van der Waals surface area contributed by atoms with Crippen LogP contribution in [0.2, 0.25) is 5.02 Å². The SMILES string of the molecule is NC(=O)c1ccc(-c2ccccc2Cc2cccc(Cl)c2)cc1NC1CCC(O)CC1. The van der Waals surface area contributed by atoms with Gasteiger partial charge in [0.05, 0.1) is 11.7 Å². The first-order valence-corrected chi connectivity index (χ1v) is 11.1. The lowest BCUT2D eigenvalue weighted by Crippen LogP contribution is -2.29. The van der Waals surface area contributed by atoms with Crippen LogP contribution in [-0.4, -0.2) is 23.2 Å². The molecule has 0 aromatic heterocycles. The molecule has 0 atom stereocenters. The first-order chi connectivity index (χ1) is 15.0. The normalized spacial score (nSPS) is 18.5. The van der Waals surface area contributed by atoms with Crippen molar-refractivity contribution in [3.05, 3.63) is 88.4 Å². The third-order valence-corrected chi connectivity index (χ3v) is 6.19. The summed E-state index contributed by atoms with van der Waals surface area (Å²) < 4.78 is 0. The van der Waals surface area contributed by atoms with E-state index in [4.69, 9.17) is 17.3 Å². The van der Waals surface area contributed by atoms with Gasteiger partial charge < -0.3 is 16.2 Å². The van der Waals surface area contributed by atoms with Gasteiger partial charge in [-0.05, 0) is 78.6 Å². The quantitative estimate of drug-likeness (QED) is 0.485. The fraction of sp³-hybridized carbons (Fsp3) is 0.269. The maximum Gasteiger partial charge on any atom is 0.250 e. The molecule has 4 N–H and O–H groups in total. The molecule has 1 aliphatic rings. The molecule has 0 spiro atoms. The van der Waals surface area contributed by atoms with Gasteiger partial charge in [-0.1, -0.05) is 54.1 Å². The molecule has 0 unspecified atom stereocenters. The van der Waals surface area contributed by atoms with Gasteiger partial charge in [0.15, 0.2) is 0 Å². The monoisotopic (exact) mass is 434 g/mol. The zero-order valence-electron chi connectivity index (χ0n) is 17.4. The molecule has 0 heterocycles. The summed E-state index contributed by atoms with van der Waals surface area (Å²) in [6, 6.07) is 22.2. The molecule has 31 heavy (non-hydrogen) atoms. The highest BCUT2D eigenvalue weighted by molar-refractivity contribution is 6.30. The largest absolute Gasteiger partial charge is 0.393 e. The Balaban J connectivity index is 1.66. The summed E-state index contributed by atoms with van der Waals surface area (Å²) in [4.78, 5) is 12.0.